The molecule has 0 aliphatic carbocycles. The number of unbranched alkanes of at least 4 members (excludes halogenated alkanes) is 13. The molecule has 0 saturated heterocycles. The van der Waals surface area contributed by atoms with Crippen LogP contribution in [0.25, 0.3) is 0 Å². The van der Waals surface area contributed by atoms with Gasteiger partial charge in [0.2, 0.25) is 0 Å². The molecule has 0 aliphatic rings. The molecule has 0 radical (unpaired) electrons. The molecular formula is C45H74O5. The molecule has 0 bridgehead atoms. The Bertz CT molecular complexity index is 968. The first-order valence-electron chi connectivity index (χ1n) is 20.1. The lowest BCUT2D eigenvalue weighted by atomic mass is 10.1. The van der Waals surface area contributed by atoms with Crippen LogP contribution in [0.1, 0.15) is 168 Å². The van der Waals surface area contributed by atoms with Crippen LogP contribution < -0.4 is 0 Å². The Hall–Kier alpha value is -2.92. The summed E-state index contributed by atoms with van der Waals surface area (Å²) < 4.78 is 10.6. The fraction of sp³-hybridized carbons (Fsp3) is 0.644. The van der Waals surface area contributed by atoms with Crippen LogP contribution in [0.2, 0.25) is 0 Å². The summed E-state index contributed by atoms with van der Waals surface area (Å²) in [6.07, 6.45) is 55.0. The van der Waals surface area contributed by atoms with Crippen molar-refractivity contribution in [1.82, 2.24) is 0 Å². The third kappa shape index (κ3) is 37.9. The van der Waals surface area contributed by atoms with Crippen LogP contribution in [0.15, 0.2) is 85.1 Å². The van der Waals surface area contributed by atoms with Crippen molar-refractivity contribution in [2.24, 2.45) is 0 Å². The summed E-state index contributed by atoms with van der Waals surface area (Å²) in [5, 5.41) is 9.56. The Kier molecular flexibility index (Phi) is 38.1. The molecule has 0 heterocycles. The Labute approximate surface area is 307 Å². The van der Waals surface area contributed by atoms with Gasteiger partial charge in [-0.2, -0.15) is 0 Å². The predicted octanol–water partition coefficient (Wildman–Crippen LogP) is 12.7. The number of carbonyl (C=O) groups excluding carboxylic acids is 2. The van der Waals surface area contributed by atoms with E-state index in [-0.39, 0.29) is 25.2 Å². The highest BCUT2D eigenvalue weighted by Gasteiger charge is 2.16. The fourth-order valence-corrected chi connectivity index (χ4v) is 5.15. The van der Waals surface area contributed by atoms with Gasteiger partial charge in [-0.25, -0.2) is 0 Å². The summed E-state index contributed by atoms with van der Waals surface area (Å²) in [4.78, 5) is 24.3. The molecule has 5 nitrogen and oxygen atoms in total. The second kappa shape index (κ2) is 40.5. The lowest BCUT2D eigenvalue weighted by Gasteiger charge is -2.15. The predicted molar refractivity (Wildman–Crippen MR) is 214 cm³/mol. The minimum Gasteiger partial charge on any atom is -0.462 e. The molecule has 5 heteroatoms. The lowest BCUT2D eigenvalue weighted by Crippen LogP contribution is -2.28. The largest absolute Gasteiger partial charge is 0.462 e. The van der Waals surface area contributed by atoms with Gasteiger partial charge in [0, 0.05) is 12.8 Å². The number of aliphatic hydroxyl groups excluding tert-OH is 1. The van der Waals surface area contributed by atoms with E-state index in [1.807, 2.05) is 0 Å². The molecule has 0 unspecified atom stereocenters. The molecule has 1 N–H and O–H groups in total. The molecule has 0 fully saturated rings. The zero-order chi connectivity index (χ0) is 36.4. The summed E-state index contributed by atoms with van der Waals surface area (Å²) in [5.74, 6) is -0.671. The van der Waals surface area contributed by atoms with Crippen molar-refractivity contribution in [2.45, 2.75) is 174 Å². The number of esters is 2. The smallest absolute Gasteiger partial charge is 0.306 e. The van der Waals surface area contributed by atoms with Crippen LogP contribution in [0.4, 0.5) is 0 Å². The van der Waals surface area contributed by atoms with Gasteiger partial charge in [0.05, 0.1) is 6.61 Å². The van der Waals surface area contributed by atoms with Crippen molar-refractivity contribution in [2.75, 3.05) is 13.2 Å². The number of aliphatic hydroxyl groups is 1. The molecule has 0 aromatic rings. The summed E-state index contributed by atoms with van der Waals surface area (Å²) in [6, 6.07) is 0. The normalized spacial score (nSPS) is 13.1. The SMILES string of the molecule is CC/C=C/C/C=C/C/C=C/C/C=C/C/C=C/CCCC(=O)OC[C@H](CO)OC(=O)CCCCCCCCCCC/C=C/C/C=C/CCCCC. The van der Waals surface area contributed by atoms with Gasteiger partial charge in [-0.05, 0) is 83.5 Å². The van der Waals surface area contributed by atoms with Gasteiger partial charge >= 0.3 is 11.9 Å². The van der Waals surface area contributed by atoms with Crippen LogP contribution in [0.3, 0.4) is 0 Å². The summed E-state index contributed by atoms with van der Waals surface area (Å²) >= 11 is 0. The number of hydrogen-bond donors (Lipinski definition) is 1. The van der Waals surface area contributed by atoms with Crippen LogP contribution in [0, 0.1) is 0 Å². The van der Waals surface area contributed by atoms with Crippen molar-refractivity contribution >= 4 is 11.9 Å². The number of carbonyl (C=O) groups is 2. The second-order valence-corrected chi connectivity index (χ2v) is 13.0. The molecule has 1 atom stereocenters. The molecule has 0 aliphatic heterocycles. The van der Waals surface area contributed by atoms with E-state index >= 15 is 0 Å². The number of hydrogen-bond acceptors (Lipinski definition) is 5. The fourth-order valence-electron chi connectivity index (χ4n) is 5.15. The number of allylic oxidation sites excluding steroid dienone is 14. The van der Waals surface area contributed by atoms with Gasteiger partial charge in [0.1, 0.15) is 6.61 Å². The highest BCUT2D eigenvalue weighted by Crippen LogP contribution is 2.13. The van der Waals surface area contributed by atoms with Gasteiger partial charge in [-0.3, -0.25) is 9.59 Å². The first-order chi connectivity index (χ1) is 24.6. The molecule has 0 amide bonds. The molecule has 284 valence electrons. The molecular weight excluding hydrogens is 620 g/mol. The summed E-state index contributed by atoms with van der Waals surface area (Å²) in [6.45, 7) is 3.93. The number of rotatable bonds is 35. The van der Waals surface area contributed by atoms with Crippen molar-refractivity contribution in [3.05, 3.63) is 85.1 Å². The van der Waals surface area contributed by atoms with Crippen LogP contribution in [0.5, 0.6) is 0 Å². The van der Waals surface area contributed by atoms with Gasteiger partial charge in [0.25, 0.3) is 0 Å². The third-order valence-corrected chi connectivity index (χ3v) is 8.17. The first-order valence-corrected chi connectivity index (χ1v) is 20.1. The molecule has 0 rings (SSSR count). The summed E-state index contributed by atoms with van der Waals surface area (Å²) in [5.41, 5.74) is 0. The number of ether oxygens (including phenoxy) is 2. The Morgan fingerprint density at radius 1 is 0.480 bits per heavy atom. The maximum atomic E-state index is 12.2. The second-order valence-electron chi connectivity index (χ2n) is 13.0. The Morgan fingerprint density at radius 3 is 1.36 bits per heavy atom. The van der Waals surface area contributed by atoms with E-state index in [2.05, 4.69) is 98.9 Å². The third-order valence-electron chi connectivity index (χ3n) is 8.17. The maximum absolute atomic E-state index is 12.2. The maximum Gasteiger partial charge on any atom is 0.306 e. The quantitative estimate of drug-likeness (QED) is 0.0406. The van der Waals surface area contributed by atoms with Gasteiger partial charge in [-0.1, -0.05) is 157 Å². The summed E-state index contributed by atoms with van der Waals surface area (Å²) in [7, 11) is 0. The monoisotopic (exact) mass is 695 g/mol. The van der Waals surface area contributed by atoms with E-state index in [9.17, 15) is 14.7 Å². The first kappa shape index (κ1) is 47.1. The van der Waals surface area contributed by atoms with E-state index in [1.54, 1.807) is 0 Å². The van der Waals surface area contributed by atoms with Crippen molar-refractivity contribution in [3.8, 4) is 0 Å². The van der Waals surface area contributed by atoms with E-state index in [4.69, 9.17) is 9.47 Å². The van der Waals surface area contributed by atoms with Crippen molar-refractivity contribution < 1.29 is 24.2 Å². The Morgan fingerprint density at radius 2 is 0.880 bits per heavy atom. The molecule has 0 aromatic carbocycles. The van der Waals surface area contributed by atoms with Crippen LogP contribution in [-0.4, -0.2) is 36.4 Å². The minimum atomic E-state index is -0.801. The lowest BCUT2D eigenvalue weighted by molar-refractivity contribution is -0.161. The minimum absolute atomic E-state index is 0.102. The highest BCUT2D eigenvalue weighted by atomic mass is 16.6. The topological polar surface area (TPSA) is 72.8 Å². The molecule has 0 saturated carbocycles. The van der Waals surface area contributed by atoms with Crippen LogP contribution >= 0.6 is 0 Å². The van der Waals surface area contributed by atoms with E-state index < -0.39 is 6.10 Å². The Balaban J connectivity index is 3.67. The zero-order valence-corrected chi connectivity index (χ0v) is 32.1. The van der Waals surface area contributed by atoms with Gasteiger partial charge in [0.15, 0.2) is 6.10 Å². The average molecular weight is 695 g/mol. The average Bonchev–Trinajstić information content (AvgIpc) is 3.12. The van der Waals surface area contributed by atoms with E-state index in [1.165, 1.54) is 70.6 Å². The van der Waals surface area contributed by atoms with Gasteiger partial charge < -0.3 is 14.6 Å². The highest BCUT2D eigenvalue weighted by molar-refractivity contribution is 5.70. The van der Waals surface area contributed by atoms with Gasteiger partial charge in [-0.15, -0.1) is 0 Å². The molecule has 50 heavy (non-hydrogen) atoms. The standard InChI is InChI=1S/C45H74O5/c1-3-5-7-9-11-13-15-17-19-21-22-24-26-28-30-32-34-36-38-40-45(48)50-43(41-46)42-49-44(47)39-37-35-33-31-29-27-25-23-20-18-16-14-12-10-8-6-4-2/h6,8,11-14,17-20,25,27,31,33,43,46H,3-5,7,9-10,15-16,21-24,26,28-30,32,34-42H2,1-2H3/b8-6+,13-11+,14-12+,19-17+,20-18+,27-25+,33-31+/t43-/m0/s1. The van der Waals surface area contributed by atoms with Crippen LogP contribution in [-0.2, 0) is 19.1 Å². The van der Waals surface area contributed by atoms with Crippen molar-refractivity contribution in [3.63, 3.8) is 0 Å². The van der Waals surface area contributed by atoms with E-state index in [0.29, 0.717) is 19.3 Å². The van der Waals surface area contributed by atoms with Crippen molar-refractivity contribution in [1.29, 1.82) is 0 Å². The van der Waals surface area contributed by atoms with E-state index in [0.717, 1.165) is 64.2 Å². The molecule has 0 spiro atoms. The zero-order valence-electron chi connectivity index (χ0n) is 32.1. The molecule has 0 aromatic heterocycles.